The summed E-state index contributed by atoms with van der Waals surface area (Å²) < 4.78 is 12.1. The lowest BCUT2D eigenvalue weighted by molar-refractivity contribution is -0.384. The van der Waals surface area contributed by atoms with Crippen LogP contribution in [0.4, 0.5) is 11.5 Å². The van der Waals surface area contributed by atoms with Gasteiger partial charge in [-0.25, -0.2) is 4.63 Å². The fourth-order valence-corrected chi connectivity index (χ4v) is 3.75. The van der Waals surface area contributed by atoms with Crippen molar-refractivity contribution in [2.24, 2.45) is 5.10 Å². The van der Waals surface area contributed by atoms with Crippen molar-refractivity contribution in [2.75, 3.05) is 5.32 Å². The van der Waals surface area contributed by atoms with Gasteiger partial charge in [-0.05, 0) is 41.5 Å². The second-order valence-corrected chi connectivity index (χ2v) is 8.26. The summed E-state index contributed by atoms with van der Waals surface area (Å²) in [5, 5.41) is 35.1. The fraction of sp³-hybridized carbons (Fsp3) is 0.174. The second-order valence-electron chi connectivity index (χ2n) is 8.26. The van der Waals surface area contributed by atoms with Crippen molar-refractivity contribution >= 4 is 29.2 Å². The number of hydrogen-bond acceptors (Lipinski definition) is 11. The standard InChI is InChI=1S/C23H19N9O6/c1-12-4-6-16(7-5-12)22-26-30(14(3)34)23(37-22)18-19(15-8-10-17(11-9-15)32(35)36)31(29-25-18)21-20(24-13(2)33)27-38-28-21/h4-11,23H,1-3H3,(H,24,27,33)/t23-/m1/s1. The first kappa shape index (κ1) is 24.2. The number of anilines is 1. The van der Waals surface area contributed by atoms with Crippen molar-refractivity contribution in [3.8, 4) is 17.1 Å². The first-order chi connectivity index (χ1) is 18.2. The number of rotatable bonds is 6. The summed E-state index contributed by atoms with van der Waals surface area (Å²) in [6.45, 7) is 4.54. The van der Waals surface area contributed by atoms with Crippen molar-refractivity contribution in [1.82, 2.24) is 30.3 Å². The van der Waals surface area contributed by atoms with E-state index in [9.17, 15) is 19.7 Å². The third-order valence-corrected chi connectivity index (χ3v) is 5.51. The number of benzene rings is 2. The van der Waals surface area contributed by atoms with Gasteiger partial charge in [0.05, 0.1) is 4.92 Å². The zero-order valence-electron chi connectivity index (χ0n) is 20.2. The molecule has 5 rings (SSSR count). The van der Waals surface area contributed by atoms with E-state index in [1.165, 1.54) is 42.8 Å². The fourth-order valence-electron chi connectivity index (χ4n) is 3.75. The minimum Gasteiger partial charge on any atom is -0.444 e. The minimum absolute atomic E-state index is 0.0145. The van der Waals surface area contributed by atoms with Gasteiger partial charge in [-0.1, -0.05) is 22.9 Å². The molecular weight excluding hydrogens is 498 g/mol. The number of non-ortho nitro benzene ring substituents is 1. The summed E-state index contributed by atoms with van der Waals surface area (Å²) in [5.74, 6) is -0.721. The highest BCUT2D eigenvalue weighted by Crippen LogP contribution is 2.37. The van der Waals surface area contributed by atoms with Gasteiger partial charge in [-0.2, -0.15) is 9.69 Å². The molecule has 0 spiro atoms. The van der Waals surface area contributed by atoms with Crippen LogP contribution in [0.1, 0.15) is 36.9 Å². The van der Waals surface area contributed by atoms with E-state index in [0.717, 1.165) is 10.6 Å². The van der Waals surface area contributed by atoms with Crippen LogP contribution in [0, 0.1) is 17.0 Å². The summed E-state index contributed by atoms with van der Waals surface area (Å²) in [4.78, 5) is 34.9. The molecule has 2 amide bonds. The highest BCUT2D eigenvalue weighted by atomic mass is 16.6. The number of hydrazone groups is 1. The van der Waals surface area contributed by atoms with Gasteiger partial charge in [0, 0.05) is 37.1 Å². The van der Waals surface area contributed by atoms with Gasteiger partial charge >= 0.3 is 0 Å². The van der Waals surface area contributed by atoms with Gasteiger partial charge in [0.2, 0.25) is 35.6 Å². The van der Waals surface area contributed by atoms with Gasteiger partial charge in [0.1, 0.15) is 5.69 Å². The number of hydrogen-bond donors (Lipinski definition) is 1. The van der Waals surface area contributed by atoms with Crippen molar-refractivity contribution < 1.29 is 23.9 Å². The number of carbonyl (C=O) groups is 2. The lowest BCUT2D eigenvalue weighted by Gasteiger charge is -2.18. The Kier molecular flexibility index (Phi) is 6.08. The van der Waals surface area contributed by atoms with Crippen molar-refractivity contribution in [2.45, 2.75) is 27.0 Å². The van der Waals surface area contributed by atoms with Crippen LogP contribution in [0.25, 0.3) is 17.1 Å². The lowest BCUT2D eigenvalue weighted by atomic mass is 10.1. The van der Waals surface area contributed by atoms with Crippen LogP contribution in [0.5, 0.6) is 0 Å². The van der Waals surface area contributed by atoms with Crippen LogP contribution < -0.4 is 5.32 Å². The Labute approximate surface area is 213 Å². The number of nitrogens with zero attached hydrogens (tertiary/aromatic N) is 8. The maximum absolute atomic E-state index is 12.6. The molecule has 15 heteroatoms. The summed E-state index contributed by atoms with van der Waals surface area (Å²) in [7, 11) is 0. The molecule has 0 saturated heterocycles. The number of nitro groups is 1. The third kappa shape index (κ3) is 4.43. The van der Waals surface area contributed by atoms with Gasteiger partial charge in [-0.15, -0.1) is 10.2 Å². The monoisotopic (exact) mass is 517 g/mol. The van der Waals surface area contributed by atoms with Crippen LogP contribution in [-0.4, -0.2) is 53.0 Å². The summed E-state index contributed by atoms with van der Waals surface area (Å²) in [6, 6.07) is 13.0. The molecule has 0 fully saturated rings. The Hall–Kier alpha value is -5.47. The van der Waals surface area contributed by atoms with Crippen molar-refractivity contribution in [3.05, 3.63) is 75.5 Å². The van der Waals surface area contributed by atoms with E-state index in [4.69, 9.17) is 9.37 Å². The Morgan fingerprint density at radius 1 is 1.03 bits per heavy atom. The zero-order chi connectivity index (χ0) is 27.0. The highest BCUT2D eigenvalue weighted by Gasteiger charge is 2.39. The van der Waals surface area contributed by atoms with Gasteiger partial charge in [-0.3, -0.25) is 19.7 Å². The molecule has 192 valence electrons. The molecule has 1 aliphatic rings. The average molecular weight is 517 g/mol. The minimum atomic E-state index is -1.13. The molecule has 0 saturated carbocycles. The van der Waals surface area contributed by atoms with Gasteiger partial charge < -0.3 is 10.1 Å². The molecule has 3 heterocycles. The van der Waals surface area contributed by atoms with Crippen LogP contribution in [0.3, 0.4) is 0 Å². The molecule has 1 aliphatic heterocycles. The molecular formula is C23H19N9O6. The molecule has 4 aromatic rings. The molecule has 2 aromatic heterocycles. The molecule has 1 N–H and O–H groups in total. The smallest absolute Gasteiger partial charge is 0.269 e. The van der Waals surface area contributed by atoms with E-state index in [-0.39, 0.29) is 34.6 Å². The second kappa shape index (κ2) is 9.53. The zero-order valence-corrected chi connectivity index (χ0v) is 20.2. The Morgan fingerprint density at radius 2 is 1.71 bits per heavy atom. The van der Waals surface area contributed by atoms with E-state index < -0.39 is 23.0 Å². The number of aryl methyl sites for hydroxylation is 1. The lowest BCUT2D eigenvalue weighted by Crippen LogP contribution is -2.26. The number of ether oxygens (including phenoxy) is 1. The molecule has 0 aliphatic carbocycles. The van der Waals surface area contributed by atoms with Crippen LogP contribution in [-0.2, 0) is 14.3 Å². The maximum atomic E-state index is 12.6. The summed E-state index contributed by atoms with van der Waals surface area (Å²) in [6.07, 6.45) is -1.13. The molecule has 0 bridgehead atoms. The number of nitrogens with one attached hydrogen (secondary N) is 1. The quantitative estimate of drug-likeness (QED) is 0.295. The first-order valence-electron chi connectivity index (χ1n) is 11.2. The van der Waals surface area contributed by atoms with E-state index >= 15 is 0 Å². The van der Waals surface area contributed by atoms with Crippen LogP contribution in [0.15, 0.2) is 58.3 Å². The predicted molar refractivity (Wildman–Crippen MR) is 130 cm³/mol. The molecule has 2 aromatic carbocycles. The normalized spacial score (nSPS) is 14.7. The van der Waals surface area contributed by atoms with Gasteiger partial charge in [0.15, 0.2) is 5.69 Å². The Bertz CT molecular complexity index is 1570. The Balaban J connectivity index is 1.64. The SMILES string of the molecule is CC(=O)Nc1nonc1-n1nnc([C@H]2OC(c3ccc(C)cc3)=NN2C(C)=O)c1-c1ccc([N+](=O)[O-])cc1. The molecule has 0 unspecified atom stereocenters. The summed E-state index contributed by atoms with van der Waals surface area (Å²) >= 11 is 0. The van der Waals surface area contributed by atoms with E-state index in [1.807, 2.05) is 31.2 Å². The summed E-state index contributed by atoms with van der Waals surface area (Å²) in [5.41, 5.74) is 2.36. The van der Waals surface area contributed by atoms with Crippen molar-refractivity contribution in [1.29, 1.82) is 0 Å². The highest BCUT2D eigenvalue weighted by molar-refractivity contribution is 5.96. The maximum Gasteiger partial charge on any atom is 0.269 e. The number of carbonyl (C=O) groups excluding carboxylic acids is 2. The number of nitro benzene ring substituents is 1. The predicted octanol–water partition coefficient (Wildman–Crippen LogP) is 2.73. The molecule has 0 radical (unpaired) electrons. The molecule has 15 nitrogen and oxygen atoms in total. The molecule has 38 heavy (non-hydrogen) atoms. The Morgan fingerprint density at radius 3 is 2.34 bits per heavy atom. The average Bonchev–Trinajstić information content (AvgIpc) is 3.62. The van der Waals surface area contributed by atoms with Gasteiger partial charge in [0.25, 0.3) is 5.69 Å². The third-order valence-electron chi connectivity index (χ3n) is 5.51. The first-order valence-corrected chi connectivity index (χ1v) is 11.2. The number of aromatic nitrogens is 5. The van der Waals surface area contributed by atoms with Crippen LogP contribution in [0.2, 0.25) is 0 Å². The van der Waals surface area contributed by atoms with E-state index in [2.05, 4.69) is 31.0 Å². The van der Waals surface area contributed by atoms with Crippen LogP contribution >= 0.6 is 0 Å². The number of amides is 2. The topological polar surface area (TPSA) is 184 Å². The van der Waals surface area contributed by atoms with Crippen molar-refractivity contribution in [3.63, 3.8) is 0 Å². The van der Waals surface area contributed by atoms with E-state index in [0.29, 0.717) is 11.1 Å². The largest absolute Gasteiger partial charge is 0.444 e. The molecule has 1 atom stereocenters. The van der Waals surface area contributed by atoms with E-state index in [1.54, 1.807) is 0 Å².